The molecule has 0 bridgehead atoms. The number of hydrogen-bond donors (Lipinski definition) is 1. The van der Waals surface area contributed by atoms with Gasteiger partial charge in [-0.3, -0.25) is 4.79 Å². The average Bonchev–Trinajstić information content (AvgIpc) is 3.14. The number of nitrogens with zero attached hydrogens (tertiary/aromatic N) is 1. The molecule has 5 nitrogen and oxygen atoms in total. The van der Waals surface area contributed by atoms with E-state index in [-0.39, 0.29) is 11.3 Å². The second-order valence-corrected chi connectivity index (χ2v) is 6.87. The number of carbonyl (C=O) groups excluding carboxylic acids is 1. The molecule has 0 aromatic heterocycles. The van der Waals surface area contributed by atoms with E-state index in [0.29, 0.717) is 18.0 Å². The molecule has 2 aliphatic heterocycles. The van der Waals surface area contributed by atoms with Crippen LogP contribution in [0.3, 0.4) is 0 Å². The van der Waals surface area contributed by atoms with E-state index in [2.05, 4.69) is 17.1 Å². The summed E-state index contributed by atoms with van der Waals surface area (Å²) in [6.07, 6.45) is 4.64. The SMILES string of the molecule is CCC1(CCN2CCCC2)CNC(=O)c2cc(OC)c(OC)cc21. The molecule has 2 aliphatic rings. The Morgan fingerprint density at radius 1 is 1.17 bits per heavy atom. The summed E-state index contributed by atoms with van der Waals surface area (Å²) >= 11 is 0. The van der Waals surface area contributed by atoms with Crippen molar-refractivity contribution >= 4 is 5.91 Å². The zero-order valence-electron chi connectivity index (χ0n) is 15.0. The molecule has 1 unspecified atom stereocenters. The maximum Gasteiger partial charge on any atom is 0.251 e. The largest absolute Gasteiger partial charge is 0.493 e. The van der Waals surface area contributed by atoms with Crippen molar-refractivity contribution in [3.05, 3.63) is 23.3 Å². The summed E-state index contributed by atoms with van der Waals surface area (Å²) in [5.41, 5.74) is 1.79. The highest BCUT2D eigenvalue weighted by Crippen LogP contribution is 2.42. The molecular formula is C19H28N2O3. The zero-order valence-corrected chi connectivity index (χ0v) is 15.0. The van der Waals surface area contributed by atoms with Gasteiger partial charge in [-0.1, -0.05) is 6.92 Å². The minimum absolute atomic E-state index is 0.0174. The molecule has 1 atom stereocenters. The van der Waals surface area contributed by atoms with Crippen LogP contribution in [0.5, 0.6) is 11.5 Å². The number of fused-ring (bicyclic) bond motifs is 1. The van der Waals surface area contributed by atoms with Crippen molar-refractivity contribution < 1.29 is 14.3 Å². The van der Waals surface area contributed by atoms with E-state index in [1.54, 1.807) is 14.2 Å². The van der Waals surface area contributed by atoms with E-state index in [1.165, 1.54) is 25.9 Å². The van der Waals surface area contributed by atoms with E-state index >= 15 is 0 Å². The number of amides is 1. The summed E-state index contributed by atoms with van der Waals surface area (Å²) in [5.74, 6) is 1.29. The van der Waals surface area contributed by atoms with E-state index in [1.807, 2.05) is 12.1 Å². The van der Waals surface area contributed by atoms with Gasteiger partial charge in [0.1, 0.15) is 0 Å². The molecule has 2 heterocycles. The molecular weight excluding hydrogens is 304 g/mol. The van der Waals surface area contributed by atoms with Crippen molar-refractivity contribution in [2.75, 3.05) is 40.4 Å². The number of benzene rings is 1. The van der Waals surface area contributed by atoms with Crippen LogP contribution in [-0.2, 0) is 5.41 Å². The van der Waals surface area contributed by atoms with Crippen LogP contribution in [0.15, 0.2) is 12.1 Å². The van der Waals surface area contributed by atoms with Gasteiger partial charge in [-0.2, -0.15) is 0 Å². The fraction of sp³-hybridized carbons (Fsp3) is 0.632. The van der Waals surface area contributed by atoms with E-state index < -0.39 is 0 Å². The lowest BCUT2D eigenvalue weighted by Gasteiger charge is -2.40. The first-order chi connectivity index (χ1) is 11.6. The number of ether oxygens (including phenoxy) is 2. The number of methoxy groups -OCH3 is 2. The van der Waals surface area contributed by atoms with Crippen molar-refractivity contribution in [3.8, 4) is 11.5 Å². The van der Waals surface area contributed by atoms with Crippen LogP contribution in [0.25, 0.3) is 0 Å². The first-order valence-electron chi connectivity index (χ1n) is 8.90. The second kappa shape index (κ2) is 7.01. The van der Waals surface area contributed by atoms with E-state index in [9.17, 15) is 4.79 Å². The molecule has 0 spiro atoms. The van der Waals surface area contributed by atoms with Gasteiger partial charge in [-0.05, 0) is 63.0 Å². The van der Waals surface area contributed by atoms with Crippen molar-refractivity contribution in [2.45, 2.75) is 38.0 Å². The number of hydrogen-bond acceptors (Lipinski definition) is 4. The van der Waals surface area contributed by atoms with Crippen molar-refractivity contribution in [1.82, 2.24) is 10.2 Å². The molecule has 132 valence electrons. The highest BCUT2D eigenvalue weighted by Gasteiger charge is 2.39. The first kappa shape index (κ1) is 17.1. The standard InChI is InChI=1S/C19H28N2O3/c1-4-19(7-10-21-8-5-6-9-21)13-20-18(22)14-11-16(23-2)17(24-3)12-15(14)19/h11-12H,4-10,13H2,1-3H3,(H,20,22). The zero-order chi connectivity index (χ0) is 17.2. The Bertz CT molecular complexity index is 611. The number of rotatable bonds is 6. The van der Waals surface area contributed by atoms with E-state index in [4.69, 9.17) is 9.47 Å². The summed E-state index contributed by atoms with van der Waals surface area (Å²) in [6.45, 7) is 6.38. The number of carbonyl (C=O) groups is 1. The molecule has 0 aliphatic carbocycles. The highest BCUT2D eigenvalue weighted by molar-refractivity contribution is 5.98. The molecule has 3 rings (SSSR count). The van der Waals surface area contributed by atoms with Gasteiger partial charge in [0.25, 0.3) is 5.91 Å². The fourth-order valence-electron chi connectivity index (χ4n) is 4.04. The van der Waals surface area contributed by atoms with Crippen molar-refractivity contribution in [2.24, 2.45) is 0 Å². The van der Waals surface area contributed by atoms with Crippen LogP contribution in [-0.4, -0.2) is 51.2 Å². The van der Waals surface area contributed by atoms with Gasteiger partial charge >= 0.3 is 0 Å². The molecule has 1 aromatic carbocycles. The molecule has 1 N–H and O–H groups in total. The fourth-order valence-corrected chi connectivity index (χ4v) is 4.04. The smallest absolute Gasteiger partial charge is 0.251 e. The lowest BCUT2D eigenvalue weighted by Crippen LogP contribution is -2.48. The van der Waals surface area contributed by atoms with Crippen LogP contribution < -0.4 is 14.8 Å². The van der Waals surface area contributed by atoms with Gasteiger partial charge in [0, 0.05) is 17.5 Å². The third kappa shape index (κ3) is 2.97. The molecule has 5 heteroatoms. The van der Waals surface area contributed by atoms with Gasteiger partial charge < -0.3 is 19.7 Å². The highest BCUT2D eigenvalue weighted by atomic mass is 16.5. The number of nitrogens with one attached hydrogen (secondary N) is 1. The Hall–Kier alpha value is -1.75. The molecule has 24 heavy (non-hydrogen) atoms. The van der Waals surface area contributed by atoms with Gasteiger partial charge in [0.15, 0.2) is 11.5 Å². The Morgan fingerprint density at radius 2 is 1.83 bits per heavy atom. The predicted octanol–water partition coefficient (Wildman–Crippen LogP) is 2.58. The van der Waals surface area contributed by atoms with Crippen LogP contribution in [0.2, 0.25) is 0 Å². The average molecular weight is 332 g/mol. The third-order valence-electron chi connectivity index (χ3n) is 5.71. The Labute approximate surface area is 144 Å². The summed E-state index contributed by atoms with van der Waals surface area (Å²) in [6, 6.07) is 3.84. The van der Waals surface area contributed by atoms with Gasteiger partial charge in [-0.15, -0.1) is 0 Å². The summed E-state index contributed by atoms with van der Waals surface area (Å²) in [4.78, 5) is 14.9. The Kier molecular flexibility index (Phi) is 4.99. The van der Waals surface area contributed by atoms with Crippen LogP contribution in [0, 0.1) is 0 Å². The Morgan fingerprint density at radius 3 is 2.46 bits per heavy atom. The maximum absolute atomic E-state index is 12.4. The molecule has 0 radical (unpaired) electrons. The maximum atomic E-state index is 12.4. The molecule has 0 saturated carbocycles. The van der Waals surface area contributed by atoms with Crippen LogP contribution in [0.4, 0.5) is 0 Å². The van der Waals surface area contributed by atoms with Crippen molar-refractivity contribution in [1.29, 1.82) is 0 Å². The monoisotopic (exact) mass is 332 g/mol. The van der Waals surface area contributed by atoms with Crippen LogP contribution >= 0.6 is 0 Å². The summed E-state index contributed by atoms with van der Waals surface area (Å²) < 4.78 is 10.9. The lowest BCUT2D eigenvalue weighted by atomic mass is 9.71. The minimum Gasteiger partial charge on any atom is -0.493 e. The minimum atomic E-state index is -0.0363. The quantitative estimate of drug-likeness (QED) is 0.870. The Balaban J connectivity index is 1.96. The summed E-state index contributed by atoms with van der Waals surface area (Å²) in [5, 5.41) is 3.09. The van der Waals surface area contributed by atoms with E-state index in [0.717, 1.165) is 30.5 Å². The first-order valence-corrected chi connectivity index (χ1v) is 8.90. The molecule has 1 fully saturated rings. The van der Waals surface area contributed by atoms with Crippen molar-refractivity contribution in [3.63, 3.8) is 0 Å². The lowest BCUT2D eigenvalue weighted by molar-refractivity contribution is 0.0916. The molecule has 1 aromatic rings. The molecule has 1 amide bonds. The second-order valence-electron chi connectivity index (χ2n) is 6.87. The number of likely N-dealkylation sites (tertiary alicyclic amines) is 1. The van der Waals surface area contributed by atoms with Gasteiger partial charge in [0.2, 0.25) is 0 Å². The van der Waals surface area contributed by atoms with Crippen LogP contribution in [0.1, 0.15) is 48.5 Å². The summed E-state index contributed by atoms with van der Waals surface area (Å²) in [7, 11) is 3.25. The third-order valence-corrected chi connectivity index (χ3v) is 5.71. The topological polar surface area (TPSA) is 50.8 Å². The molecule has 1 saturated heterocycles. The normalized spacial score (nSPS) is 23.7. The van der Waals surface area contributed by atoms with Gasteiger partial charge in [0.05, 0.1) is 14.2 Å². The predicted molar refractivity (Wildman–Crippen MR) is 94.1 cm³/mol. The van der Waals surface area contributed by atoms with Gasteiger partial charge in [-0.25, -0.2) is 0 Å².